The molecule has 0 aliphatic rings. The second-order valence-electron chi connectivity index (χ2n) is 6.27. The van der Waals surface area contributed by atoms with E-state index in [2.05, 4.69) is 0 Å². The monoisotopic (exact) mass is 410 g/mol. The lowest BCUT2D eigenvalue weighted by Gasteiger charge is -2.13. The number of hydrogen-bond acceptors (Lipinski definition) is 5. The van der Waals surface area contributed by atoms with E-state index in [1.165, 1.54) is 12.1 Å². The lowest BCUT2D eigenvalue weighted by molar-refractivity contribution is 0.460. The van der Waals surface area contributed by atoms with Gasteiger partial charge < -0.3 is 0 Å². The lowest BCUT2D eigenvalue weighted by atomic mass is 10.1. The Labute approximate surface area is 162 Å². The van der Waals surface area contributed by atoms with Gasteiger partial charge in [-0.1, -0.05) is 52.0 Å². The molecule has 2 aromatic rings. The van der Waals surface area contributed by atoms with Gasteiger partial charge in [-0.25, -0.2) is 0 Å². The van der Waals surface area contributed by atoms with Crippen molar-refractivity contribution in [2.45, 2.75) is 63.2 Å². The molecule has 7 heteroatoms. The maximum Gasteiger partial charge on any atom is 0.312 e. The van der Waals surface area contributed by atoms with E-state index in [0.717, 1.165) is 24.0 Å². The van der Waals surface area contributed by atoms with Crippen molar-refractivity contribution in [2.75, 3.05) is 0 Å². The number of benzene rings is 2. The van der Waals surface area contributed by atoms with Crippen molar-refractivity contribution >= 4 is 20.2 Å². The van der Waals surface area contributed by atoms with Crippen LogP contribution in [0.4, 0.5) is 0 Å². The van der Waals surface area contributed by atoms with E-state index in [0.29, 0.717) is 24.0 Å². The fourth-order valence-corrected chi connectivity index (χ4v) is 5.99. The Kier molecular flexibility index (Phi) is 6.83. The second-order valence-corrected chi connectivity index (χ2v) is 9.52. The summed E-state index contributed by atoms with van der Waals surface area (Å²) in [6.07, 6.45) is 2.43. The summed E-state index contributed by atoms with van der Waals surface area (Å²) >= 11 is 0. The molecule has 2 aromatic carbocycles. The van der Waals surface area contributed by atoms with Crippen LogP contribution in [0, 0.1) is 0 Å². The van der Waals surface area contributed by atoms with Gasteiger partial charge in [-0.3, -0.25) is 0 Å². The Morgan fingerprint density at radius 1 is 0.630 bits per heavy atom. The molecule has 0 radical (unpaired) electrons. The molecule has 0 N–H and O–H groups in total. The highest BCUT2D eigenvalue weighted by Gasteiger charge is 2.30. The zero-order chi connectivity index (χ0) is 20.2. The molecule has 148 valence electrons. The van der Waals surface area contributed by atoms with E-state index in [1.807, 2.05) is 27.7 Å². The van der Waals surface area contributed by atoms with Gasteiger partial charge in [-0.2, -0.15) is 16.8 Å². The first-order valence-electron chi connectivity index (χ1n) is 9.13. The van der Waals surface area contributed by atoms with Crippen LogP contribution < -0.4 is 0 Å². The van der Waals surface area contributed by atoms with Crippen LogP contribution in [0.25, 0.3) is 0 Å². The molecule has 27 heavy (non-hydrogen) atoms. The van der Waals surface area contributed by atoms with Crippen LogP contribution in [0.1, 0.15) is 49.9 Å². The zero-order valence-corrected chi connectivity index (χ0v) is 17.8. The van der Waals surface area contributed by atoms with Gasteiger partial charge in [0.05, 0.1) is 9.79 Å². The molecule has 5 nitrogen and oxygen atoms in total. The maximum absolute atomic E-state index is 12.7. The van der Waals surface area contributed by atoms with Crippen molar-refractivity contribution in [1.82, 2.24) is 0 Å². The van der Waals surface area contributed by atoms with Crippen molar-refractivity contribution in [3.8, 4) is 0 Å². The molecular formula is C20H26O5S2. The highest BCUT2D eigenvalue weighted by molar-refractivity contribution is 8.00. The molecular weight excluding hydrogens is 384 g/mol. The fraction of sp³-hybridized carbons (Fsp3) is 0.400. The number of rotatable bonds is 8. The maximum atomic E-state index is 12.7. The number of aryl methyl sites for hydroxylation is 4. The molecule has 0 fully saturated rings. The van der Waals surface area contributed by atoms with Crippen molar-refractivity contribution in [3.05, 3.63) is 58.7 Å². The summed E-state index contributed by atoms with van der Waals surface area (Å²) in [4.78, 5) is -0.206. The smallest absolute Gasteiger partial charge is 0.193 e. The highest BCUT2D eigenvalue weighted by atomic mass is 32.3. The third kappa shape index (κ3) is 4.78. The van der Waals surface area contributed by atoms with E-state index in [1.54, 1.807) is 24.3 Å². The average molecular weight is 411 g/mol. The minimum Gasteiger partial charge on any atom is -0.193 e. The highest BCUT2D eigenvalue weighted by Crippen LogP contribution is 2.27. The van der Waals surface area contributed by atoms with Crippen LogP contribution in [0.2, 0.25) is 0 Å². The van der Waals surface area contributed by atoms with Crippen LogP contribution in [0.3, 0.4) is 0 Å². The van der Waals surface area contributed by atoms with Gasteiger partial charge in [-0.15, -0.1) is 3.63 Å². The molecule has 0 unspecified atom stereocenters. The Balaban J connectivity index is 2.48. The quantitative estimate of drug-likeness (QED) is 0.657. The average Bonchev–Trinajstić information content (AvgIpc) is 2.65. The largest absolute Gasteiger partial charge is 0.312 e. The normalized spacial score (nSPS) is 12.3. The Hall–Kier alpha value is -1.70. The van der Waals surface area contributed by atoms with E-state index < -0.39 is 20.2 Å². The molecule has 0 heterocycles. The Bertz CT molecular complexity index is 939. The molecule has 0 saturated carbocycles. The van der Waals surface area contributed by atoms with Crippen molar-refractivity contribution < 1.29 is 20.5 Å². The summed E-state index contributed by atoms with van der Waals surface area (Å²) < 4.78 is 55.7. The van der Waals surface area contributed by atoms with Crippen molar-refractivity contribution in [3.63, 3.8) is 0 Å². The van der Waals surface area contributed by atoms with E-state index in [-0.39, 0.29) is 9.79 Å². The van der Waals surface area contributed by atoms with Crippen LogP contribution >= 0.6 is 0 Å². The van der Waals surface area contributed by atoms with Crippen LogP contribution in [0.5, 0.6) is 0 Å². The first-order valence-corrected chi connectivity index (χ1v) is 11.9. The lowest BCUT2D eigenvalue weighted by Crippen LogP contribution is -2.17. The van der Waals surface area contributed by atoms with E-state index in [9.17, 15) is 16.8 Å². The van der Waals surface area contributed by atoms with Crippen molar-refractivity contribution in [1.29, 1.82) is 0 Å². The van der Waals surface area contributed by atoms with Gasteiger partial charge in [0.2, 0.25) is 0 Å². The number of hydrogen-bond donors (Lipinski definition) is 0. The zero-order valence-electron chi connectivity index (χ0n) is 16.2. The SMILES string of the molecule is CCc1ccc(S(=O)(=O)OS(=O)(=O)c2ccc(CC)cc2CC)c(CC)c1. The minimum atomic E-state index is -4.46. The topological polar surface area (TPSA) is 77.5 Å². The molecule has 0 saturated heterocycles. The summed E-state index contributed by atoms with van der Waals surface area (Å²) in [5, 5.41) is 0. The molecule has 0 atom stereocenters. The van der Waals surface area contributed by atoms with Gasteiger partial charge in [0, 0.05) is 0 Å². The molecule has 0 aliphatic carbocycles. The summed E-state index contributed by atoms with van der Waals surface area (Å²) in [6.45, 7) is 7.58. The molecule has 0 spiro atoms. The standard InChI is InChI=1S/C20H26O5S2/c1-5-15-9-11-19(17(7-3)13-15)26(21,22)25-27(23,24)20-12-10-16(6-2)14-18(20)8-4/h9-14H,5-8H2,1-4H3. The third-order valence-corrected chi connectivity index (χ3v) is 7.85. The first-order chi connectivity index (χ1) is 12.7. The Morgan fingerprint density at radius 2 is 1.00 bits per heavy atom. The van der Waals surface area contributed by atoms with Crippen molar-refractivity contribution in [2.24, 2.45) is 0 Å². The van der Waals surface area contributed by atoms with E-state index in [4.69, 9.17) is 3.63 Å². The van der Waals surface area contributed by atoms with E-state index >= 15 is 0 Å². The first kappa shape index (κ1) is 21.6. The summed E-state index contributed by atoms with van der Waals surface area (Å²) in [5.41, 5.74) is 3.05. The molecule has 0 aliphatic heterocycles. The van der Waals surface area contributed by atoms with Crippen LogP contribution in [0.15, 0.2) is 46.2 Å². The van der Waals surface area contributed by atoms with Crippen LogP contribution in [-0.2, 0) is 49.5 Å². The molecule has 0 bridgehead atoms. The minimum absolute atomic E-state index is 0.103. The van der Waals surface area contributed by atoms with Gasteiger partial charge in [-0.05, 0) is 60.1 Å². The van der Waals surface area contributed by atoms with Gasteiger partial charge in [0.1, 0.15) is 0 Å². The van der Waals surface area contributed by atoms with Gasteiger partial charge in [0.15, 0.2) is 0 Å². The second kappa shape index (κ2) is 8.54. The summed E-state index contributed by atoms with van der Waals surface area (Å²) in [6, 6.07) is 9.74. The predicted molar refractivity (Wildman–Crippen MR) is 106 cm³/mol. The third-order valence-electron chi connectivity index (χ3n) is 4.55. The molecule has 0 aromatic heterocycles. The van der Waals surface area contributed by atoms with Crippen LogP contribution in [-0.4, -0.2) is 16.8 Å². The summed E-state index contributed by atoms with van der Waals surface area (Å²) in [5.74, 6) is 0. The van der Waals surface area contributed by atoms with Gasteiger partial charge in [0.25, 0.3) is 0 Å². The Morgan fingerprint density at radius 3 is 1.30 bits per heavy atom. The van der Waals surface area contributed by atoms with Gasteiger partial charge >= 0.3 is 20.2 Å². The molecule has 2 rings (SSSR count). The predicted octanol–water partition coefficient (Wildman–Crippen LogP) is 4.03. The molecule has 0 amide bonds. The summed E-state index contributed by atoms with van der Waals surface area (Å²) in [7, 11) is -8.92. The fourth-order valence-electron chi connectivity index (χ4n) is 2.94.